The Morgan fingerprint density at radius 1 is 0.929 bits per heavy atom. The van der Waals surface area contributed by atoms with E-state index in [1.165, 1.54) is 0 Å². The number of para-hydroxylation sites is 1. The van der Waals surface area contributed by atoms with Crippen molar-refractivity contribution < 1.29 is 14.3 Å². The molecule has 1 amide bonds. The van der Waals surface area contributed by atoms with Gasteiger partial charge in [0.1, 0.15) is 18.1 Å². The summed E-state index contributed by atoms with van der Waals surface area (Å²) < 4.78 is 11.6. The average molecular weight is 375 g/mol. The zero-order valence-corrected chi connectivity index (χ0v) is 16.2. The molecule has 4 nitrogen and oxygen atoms in total. The Hall–Kier alpha value is -3.27. The van der Waals surface area contributed by atoms with Gasteiger partial charge >= 0.3 is 0 Å². The molecular formula is C24H25NO3. The normalized spacial score (nSPS) is 11.5. The predicted octanol–water partition coefficient (Wildman–Crippen LogP) is 5.23. The van der Waals surface area contributed by atoms with Gasteiger partial charge in [0.25, 0.3) is 5.91 Å². The number of nitrogens with one attached hydrogen (secondary N) is 1. The summed E-state index contributed by atoms with van der Waals surface area (Å²) in [6, 6.07) is 25.1. The van der Waals surface area contributed by atoms with Crippen LogP contribution >= 0.6 is 0 Å². The maximum Gasteiger partial charge on any atom is 0.265 e. The predicted molar refractivity (Wildman–Crippen MR) is 112 cm³/mol. The molecule has 0 saturated carbocycles. The fourth-order valence-electron chi connectivity index (χ4n) is 2.77. The SMILES string of the molecule is CCc1ccccc1O[C@@H](C)C(=O)Nc1ccc(OCc2ccccc2)cc1. The molecule has 3 aromatic rings. The largest absolute Gasteiger partial charge is 0.489 e. The maximum atomic E-state index is 12.4. The topological polar surface area (TPSA) is 47.6 Å². The van der Waals surface area contributed by atoms with Gasteiger partial charge in [0.2, 0.25) is 0 Å². The van der Waals surface area contributed by atoms with Gasteiger partial charge in [-0.25, -0.2) is 0 Å². The van der Waals surface area contributed by atoms with E-state index >= 15 is 0 Å². The number of hydrogen-bond donors (Lipinski definition) is 1. The highest BCUT2D eigenvalue weighted by atomic mass is 16.5. The molecule has 3 rings (SSSR count). The van der Waals surface area contributed by atoms with Crippen LogP contribution in [0.5, 0.6) is 11.5 Å². The lowest BCUT2D eigenvalue weighted by atomic mass is 10.1. The fourth-order valence-corrected chi connectivity index (χ4v) is 2.77. The van der Waals surface area contributed by atoms with Gasteiger partial charge in [-0.15, -0.1) is 0 Å². The molecule has 0 unspecified atom stereocenters. The fraction of sp³-hybridized carbons (Fsp3) is 0.208. The number of anilines is 1. The van der Waals surface area contributed by atoms with Crippen LogP contribution in [0, 0.1) is 0 Å². The van der Waals surface area contributed by atoms with E-state index in [9.17, 15) is 4.79 Å². The first kappa shape index (κ1) is 19.5. The van der Waals surface area contributed by atoms with Gasteiger partial charge in [0, 0.05) is 5.69 Å². The number of carbonyl (C=O) groups excluding carboxylic acids is 1. The van der Waals surface area contributed by atoms with Crippen LogP contribution in [0.2, 0.25) is 0 Å². The van der Waals surface area contributed by atoms with Crippen LogP contribution < -0.4 is 14.8 Å². The number of rotatable bonds is 8. The van der Waals surface area contributed by atoms with Gasteiger partial charge in [-0.1, -0.05) is 55.5 Å². The van der Waals surface area contributed by atoms with E-state index < -0.39 is 6.10 Å². The number of carbonyl (C=O) groups is 1. The summed E-state index contributed by atoms with van der Waals surface area (Å²) in [5.74, 6) is 1.31. The summed E-state index contributed by atoms with van der Waals surface area (Å²) in [6.07, 6.45) is 0.260. The highest BCUT2D eigenvalue weighted by Crippen LogP contribution is 2.21. The highest BCUT2D eigenvalue weighted by molar-refractivity contribution is 5.94. The Bertz CT molecular complexity index is 891. The van der Waals surface area contributed by atoms with Gasteiger partial charge in [0.05, 0.1) is 0 Å². The van der Waals surface area contributed by atoms with Crippen LogP contribution in [0.4, 0.5) is 5.69 Å². The van der Waals surface area contributed by atoms with E-state index in [1.807, 2.05) is 78.9 Å². The van der Waals surface area contributed by atoms with Crippen LogP contribution in [0.3, 0.4) is 0 Å². The van der Waals surface area contributed by atoms with Crippen LogP contribution in [-0.2, 0) is 17.8 Å². The molecule has 28 heavy (non-hydrogen) atoms. The zero-order chi connectivity index (χ0) is 19.8. The molecule has 0 aromatic heterocycles. The summed E-state index contributed by atoms with van der Waals surface area (Å²) in [7, 11) is 0. The van der Waals surface area contributed by atoms with Crippen molar-refractivity contribution in [2.45, 2.75) is 33.0 Å². The van der Waals surface area contributed by atoms with E-state index in [0.717, 1.165) is 29.0 Å². The number of ether oxygens (including phenoxy) is 2. The highest BCUT2D eigenvalue weighted by Gasteiger charge is 2.16. The second-order valence-corrected chi connectivity index (χ2v) is 6.51. The van der Waals surface area contributed by atoms with Gasteiger partial charge < -0.3 is 14.8 Å². The van der Waals surface area contributed by atoms with Crippen LogP contribution in [0.1, 0.15) is 25.0 Å². The molecule has 0 spiro atoms. The first-order chi connectivity index (χ1) is 13.7. The minimum Gasteiger partial charge on any atom is -0.489 e. The molecule has 3 aromatic carbocycles. The van der Waals surface area contributed by atoms with Crippen molar-refractivity contribution in [3.05, 3.63) is 90.0 Å². The van der Waals surface area contributed by atoms with Gasteiger partial charge in [0.15, 0.2) is 6.10 Å². The summed E-state index contributed by atoms with van der Waals surface area (Å²) >= 11 is 0. The third-order valence-corrected chi connectivity index (χ3v) is 4.40. The lowest BCUT2D eigenvalue weighted by molar-refractivity contribution is -0.122. The first-order valence-electron chi connectivity index (χ1n) is 9.48. The smallest absolute Gasteiger partial charge is 0.265 e. The van der Waals surface area contributed by atoms with E-state index in [0.29, 0.717) is 12.3 Å². The first-order valence-corrected chi connectivity index (χ1v) is 9.48. The van der Waals surface area contributed by atoms with Crippen molar-refractivity contribution in [2.75, 3.05) is 5.32 Å². The summed E-state index contributed by atoms with van der Waals surface area (Å²) in [6.45, 7) is 4.32. The molecule has 4 heteroatoms. The van der Waals surface area contributed by atoms with Crippen molar-refractivity contribution in [3.63, 3.8) is 0 Å². The zero-order valence-electron chi connectivity index (χ0n) is 16.2. The summed E-state index contributed by atoms with van der Waals surface area (Å²) in [5.41, 5.74) is 2.90. The Morgan fingerprint density at radius 3 is 2.32 bits per heavy atom. The standard InChI is InChI=1S/C24H25NO3/c1-3-20-11-7-8-12-23(20)28-18(2)24(26)25-21-13-15-22(16-14-21)27-17-19-9-5-4-6-10-19/h4-16,18H,3,17H2,1-2H3,(H,25,26)/t18-/m0/s1. The Morgan fingerprint density at radius 2 is 1.61 bits per heavy atom. The van der Waals surface area contributed by atoms with Crippen molar-refractivity contribution in [1.82, 2.24) is 0 Å². The molecule has 0 radical (unpaired) electrons. The minimum atomic E-state index is -0.596. The maximum absolute atomic E-state index is 12.4. The molecule has 0 aliphatic carbocycles. The monoisotopic (exact) mass is 375 g/mol. The number of hydrogen-bond acceptors (Lipinski definition) is 3. The molecule has 1 N–H and O–H groups in total. The summed E-state index contributed by atoms with van der Waals surface area (Å²) in [5, 5.41) is 2.88. The van der Waals surface area contributed by atoms with Gasteiger partial charge in [-0.3, -0.25) is 4.79 Å². The number of benzene rings is 3. The third-order valence-electron chi connectivity index (χ3n) is 4.40. The molecule has 0 fully saturated rings. The molecule has 144 valence electrons. The Balaban J connectivity index is 1.53. The summed E-state index contributed by atoms with van der Waals surface area (Å²) in [4.78, 5) is 12.4. The van der Waals surface area contributed by atoms with Gasteiger partial charge in [-0.2, -0.15) is 0 Å². The second-order valence-electron chi connectivity index (χ2n) is 6.51. The lowest BCUT2D eigenvalue weighted by Gasteiger charge is -2.17. The van der Waals surface area contributed by atoms with Crippen LogP contribution in [0.15, 0.2) is 78.9 Å². The molecular weight excluding hydrogens is 350 g/mol. The van der Waals surface area contributed by atoms with E-state index in [1.54, 1.807) is 6.92 Å². The van der Waals surface area contributed by atoms with Crippen molar-refractivity contribution in [2.24, 2.45) is 0 Å². The van der Waals surface area contributed by atoms with Gasteiger partial charge in [-0.05, 0) is 54.8 Å². The lowest BCUT2D eigenvalue weighted by Crippen LogP contribution is -2.30. The quantitative estimate of drug-likeness (QED) is 0.586. The third kappa shape index (κ3) is 5.36. The molecule has 0 heterocycles. The van der Waals surface area contributed by atoms with E-state index in [4.69, 9.17) is 9.47 Å². The average Bonchev–Trinajstić information content (AvgIpc) is 2.74. The van der Waals surface area contributed by atoms with Crippen molar-refractivity contribution in [3.8, 4) is 11.5 Å². The Kier molecular flexibility index (Phi) is 6.68. The van der Waals surface area contributed by atoms with Crippen LogP contribution in [-0.4, -0.2) is 12.0 Å². The van der Waals surface area contributed by atoms with Crippen molar-refractivity contribution in [1.29, 1.82) is 0 Å². The number of amides is 1. The molecule has 0 aliphatic rings. The number of aryl methyl sites for hydroxylation is 1. The van der Waals surface area contributed by atoms with Crippen molar-refractivity contribution >= 4 is 11.6 Å². The van der Waals surface area contributed by atoms with Crippen LogP contribution in [0.25, 0.3) is 0 Å². The van der Waals surface area contributed by atoms with E-state index in [2.05, 4.69) is 12.2 Å². The molecule has 0 aliphatic heterocycles. The molecule has 0 bridgehead atoms. The second kappa shape index (κ2) is 9.60. The molecule has 0 saturated heterocycles. The van der Waals surface area contributed by atoms with E-state index in [-0.39, 0.29) is 5.91 Å². The molecule has 1 atom stereocenters. The Labute approximate surface area is 166 Å². The minimum absolute atomic E-state index is 0.191.